The number of rotatable bonds is 7. The molecule has 1 aliphatic heterocycles. The zero-order valence-corrected chi connectivity index (χ0v) is 18.0. The molecule has 0 saturated carbocycles. The summed E-state index contributed by atoms with van der Waals surface area (Å²) in [5.41, 5.74) is 2.39. The van der Waals surface area contributed by atoms with Crippen molar-refractivity contribution in [1.29, 1.82) is 0 Å². The maximum atomic E-state index is 12.7. The largest absolute Gasteiger partial charge is 0.354 e. The van der Waals surface area contributed by atoms with E-state index in [1.807, 2.05) is 54.6 Å². The zero-order valence-electron chi connectivity index (χ0n) is 16.4. The SMILES string of the molecule is O=C(Cc1ccc(S(=O)(=O)N2CCCC2)s1)Nc1ccccc1Nc1ccccc1. The number of para-hydroxylation sites is 3. The third kappa shape index (κ3) is 4.72. The molecule has 2 heterocycles. The van der Waals surface area contributed by atoms with Crippen molar-refractivity contribution in [3.05, 3.63) is 71.6 Å². The molecule has 0 bridgehead atoms. The Hall–Kier alpha value is -2.68. The highest BCUT2D eigenvalue weighted by atomic mass is 32.2. The Morgan fingerprint density at radius 1 is 0.900 bits per heavy atom. The maximum Gasteiger partial charge on any atom is 0.252 e. The van der Waals surface area contributed by atoms with Crippen LogP contribution in [0, 0.1) is 0 Å². The molecule has 0 spiro atoms. The number of hydrogen-bond donors (Lipinski definition) is 2. The maximum absolute atomic E-state index is 12.7. The number of carbonyl (C=O) groups is 1. The fourth-order valence-corrected chi connectivity index (χ4v) is 6.40. The number of nitrogens with one attached hydrogen (secondary N) is 2. The van der Waals surface area contributed by atoms with Crippen molar-refractivity contribution in [3.63, 3.8) is 0 Å². The van der Waals surface area contributed by atoms with Gasteiger partial charge in [-0.1, -0.05) is 30.3 Å². The van der Waals surface area contributed by atoms with Crippen molar-refractivity contribution < 1.29 is 13.2 Å². The fraction of sp³-hybridized carbons (Fsp3) is 0.227. The average molecular weight is 442 g/mol. The number of thiophene rings is 1. The first-order valence-corrected chi connectivity index (χ1v) is 12.1. The van der Waals surface area contributed by atoms with Gasteiger partial charge in [0, 0.05) is 23.7 Å². The topological polar surface area (TPSA) is 78.5 Å². The molecule has 2 aromatic carbocycles. The van der Waals surface area contributed by atoms with Gasteiger partial charge in [0.15, 0.2) is 0 Å². The van der Waals surface area contributed by atoms with Crippen LogP contribution in [0.4, 0.5) is 17.1 Å². The highest BCUT2D eigenvalue weighted by Gasteiger charge is 2.28. The van der Waals surface area contributed by atoms with Crippen molar-refractivity contribution in [1.82, 2.24) is 4.31 Å². The van der Waals surface area contributed by atoms with Crippen LogP contribution in [0.15, 0.2) is 70.9 Å². The van der Waals surface area contributed by atoms with Gasteiger partial charge >= 0.3 is 0 Å². The lowest BCUT2D eigenvalue weighted by Crippen LogP contribution is -2.27. The molecule has 1 amide bonds. The Morgan fingerprint density at radius 2 is 1.57 bits per heavy atom. The van der Waals surface area contributed by atoms with Gasteiger partial charge < -0.3 is 10.6 Å². The molecule has 0 atom stereocenters. The summed E-state index contributed by atoms with van der Waals surface area (Å²) in [5, 5.41) is 6.23. The van der Waals surface area contributed by atoms with Gasteiger partial charge in [-0.05, 0) is 49.2 Å². The highest BCUT2D eigenvalue weighted by molar-refractivity contribution is 7.91. The van der Waals surface area contributed by atoms with Gasteiger partial charge in [0.05, 0.1) is 17.8 Å². The summed E-state index contributed by atoms with van der Waals surface area (Å²) in [5.74, 6) is -0.190. The Bertz CT molecular complexity index is 1120. The van der Waals surface area contributed by atoms with Gasteiger partial charge in [-0.15, -0.1) is 11.3 Å². The number of hydrogen-bond acceptors (Lipinski definition) is 5. The molecule has 1 fully saturated rings. The molecule has 4 rings (SSSR count). The third-order valence-corrected chi connectivity index (χ3v) is 8.34. The van der Waals surface area contributed by atoms with E-state index in [2.05, 4.69) is 10.6 Å². The minimum Gasteiger partial charge on any atom is -0.354 e. The molecule has 3 aromatic rings. The first-order chi connectivity index (χ1) is 14.5. The molecular formula is C22H23N3O3S2. The van der Waals surface area contributed by atoms with Crippen LogP contribution < -0.4 is 10.6 Å². The van der Waals surface area contributed by atoms with Crippen LogP contribution in [0.5, 0.6) is 0 Å². The summed E-state index contributed by atoms with van der Waals surface area (Å²) in [6.07, 6.45) is 1.92. The van der Waals surface area contributed by atoms with Gasteiger partial charge in [-0.2, -0.15) is 4.31 Å². The summed E-state index contributed by atoms with van der Waals surface area (Å²) < 4.78 is 27.2. The fourth-order valence-electron chi connectivity index (χ4n) is 3.38. The lowest BCUT2D eigenvalue weighted by molar-refractivity contribution is -0.115. The van der Waals surface area contributed by atoms with E-state index in [1.165, 1.54) is 15.6 Å². The number of benzene rings is 2. The normalized spacial score (nSPS) is 14.5. The summed E-state index contributed by atoms with van der Waals surface area (Å²) in [6.45, 7) is 1.14. The molecule has 30 heavy (non-hydrogen) atoms. The summed E-state index contributed by atoms with van der Waals surface area (Å²) in [7, 11) is -3.44. The predicted octanol–water partition coefficient (Wildman–Crippen LogP) is 4.46. The predicted molar refractivity (Wildman–Crippen MR) is 121 cm³/mol. The molecule has 1 aliphatic rings. The number of carbonyl (C=O) groups excluding carboxylic acids is 1. The number of amides is 1. The van der Waals surface area contributed by atoms with Crippen LogP contribution in [-0.2, 0) is 21.2 Å². The lowest BCUT2D eigenvalue weighted by atomic mass is 10.2. The molecule has 2 N–H and O–H groups in total. The van der Waals surface area contributed by atoms with Gasteiger partial charge in [0.25, 0.3) is 10.0 Å². The van der Waals surface area contributed by atoms with Gasteiger partial charge in [0.2, 0.25) is 5.91 Å². The Kier molecular flexibility index (Phi) is 6.17. The Labute approximate surface area is 180 Å². The zero-order chi connectivity index (χ0) is 21.0. The minimum atomic E-state index is -3.44. The summed E-state index contributed by atoms with van der Waals surface area (Å²) >= 11 is 1.17. The van der Waals surface area contributed by atoms with Crippen LogP contribution in [0.3, 0.4) is 0 Å². The van der Waals surface area contributed by atoms with Crippen molar-refractivity contribution in [2.75, 3.05) is 23.7 Å². The first-order valence-electron chi connectivity index (χ1n) is 9.82. The van der Waals surface area contributed by atoms with Crippen LogP contribution in [0.2, 0.25) is 0 Å². The molecule has 0 aliphatic carbocycles. The molecule has 6 nitrogen and oxygen atoms in total. The monoisotopic (exact) mass is 441 g/mol. The van der Waals surface area contributed by atoms with E-state index >= 15 is 0 Å². The van der Waals surface area contributed by atoms with E-state index in [1.54, 1.807) is 12.1 Å². The standard InChI is InChI=1S/C22H23N3O3S2/c26-21(16-18-12-13-22(29-18)30(27,28)25-14-6-7-15-25)24-20-11-5-4-10-19(20)23-17-8-2-1-3-9-17/h1-5,8-13,23H,6-7,14-16H2,(H,24,26). The summed E-state index contributed by atoms with van der Waals surface area (Å²) in [6, 6.07) is 20.5. The second-order valence-electron chi connectivity index (χ2n) is 7.09. The lowest BCUT2D eigenvalue weighted by Gasteiger charge is -2.13. The van der Waals surface area contributed by atoms with Crippen LogP contribution in [-0.4, -0.2) is 31.7 Å². The van der Waals surface area contributed by atoms with E-state index in [4.69, 9.17) is 0 Å². The van der Waals surface area contributed by atoms with Crippen molar-refractivity contribution >= 4 is 44.3 Å². The minimum absolute atomic E-state index is 0.125. The third-order valence-electron chi connectivity index (χ3n) is 4.88. The van der Waals surface area contributed by atoms with E-state index in [0.29, 0.717) is 23.0 Å². The van der Waals surface area contributed by atoms with Gasteiger partial charge in [-0.3, -0.25) is 4.79 Å². The van der Waals surface area contributed by atoms with Crippen molar-refractivity contribution in [3.8, 4) is 0 Å². The molecule has 1 aromatic heterocycles. The number of anilines is 3. The molecule has 156 valence electrons. The smallest absolute Gasteiger partial charge is 0.252 e. The van der Waals surface area contributed by atoms with Crippen LogP contribution in [0.1, 0.15) is 17.7 Å². The number of sulfonamides is 1. The second kappa shape index (κ2) is 8.99. The first kappa shape index (κ1) is 20.6. The number of nitrogens with zero attached hydrogens (tertiary/aromatic N) is 1. The summed E-state index contributed by atoms with van der Waals surface area (Å²) in [4.78, 5) is 13.3. The average Bonchev–Trinajstić information content (AvgIpc) is 3.43. The quantitative estimate of drug-likeness (QED) is 0.568. The van der Waals surface area contributed by atoms with Crippen LogP contribution >= 0.6 is 11.3 Å². The molecular weight excluding hydrogens is 418 g/mol. The Morgan fingerprint density at radius 3 is 2.30 bits per heavy atom. The van der Waals surface area contributed by atoms with Gasteiger partial charge in [0.1, 0.15) is 4.21 Å². The van der Waals surface area contributed by atoms with E-state index in [9.17, 15) is 13.2 Å². The highest BCUT2D eigenvalue weighted by Crippen LogP contribution is 2.29. The van der Waals surface area contributed by atoms with Crippen molar-refractivity contribution in [2.24, 2.45) is 0 Å². The molecule has 0 unspecified atom stereocenters. The van der Waals surface area contributed by atoms with E-state index in [0.717, 1.165) is 29.1 Å². The van der Waals surface area contributed by atoms with E-state index in [-0.39, 0.29) is 12.3 Å². The molecule has 1 saturated heterocycles. The van der Waals surface area contributed by atoms with Gasteiger partial charge in [-0.25, -0.2) is 8.42 Å². The van der Waals surface area contributed by atoms with E-state index < -0.39 is 10.0 Å². The molecule has 0 radical (unpaired) electrons. The Balaban J connectivity index is 1.43. The van der Waals surface area contributed by atoms with Crippen molar-refractivity contribution in [2.45, 2.75) is 23.5 Å². The van der Waals surface area contributed by atoms with Crippen LogP contribution in [0.25, 0.3) is 0 Å². The molecule has 8 heteroatoms. The second-order valence-corrected chi connectivity index (χ2v) is 10.4.